The first-order valence-electron chi connectivity index (χ1n) is 11.9. The molecule has 5 nitrogen and oxygen atoms in total. The van der Waals surface area contributed by atoms with E-state index in [1.807, 2.05) is 44.2 Å². The van der Waals surface area contributed by atoms with Gasteiger partial charge in [-0.05, 0) is 74.4 Å². The van der Waals surface area contributed by atoms with Crippen LogP contribution >= 0.6 is 0 Å². The monoisotopic (exact) mass is 493 g/mol. The molecule has 0 radical (unpaired) electrons. The van der Waals surface area contributed by atoms with Crippen molar-refractivity contribution in [1.82, 2.24) is 9.80 Å². The fraction of sp³-hybridized carbons (Fsp3) is 0.286. The second-order valence-electron chi connectivity index (χ2n) is 9.22. The summed E-state index contributed by atoms with van der Waals surface area (Å²) < 4.78 is 45.0. The highest BCUT2D eigenvalue weighted by Crippen LogP contribution is 2.39. The minimum Gasteiger partial charge on any atom is -0.454 e. The molecule has 5 rings (SSSR count). The lowest BCUT2D eigenvalue weighted by Gasteiger charge is -2.25. The van der Waals surface area contributed by atoms with Crippen LogP contribution < -0.4 is 4.74 Å². The van der Waals surface area contributed by atoms with E-state index in [1.165, 1.54) is 12.1 Å². The second-order valence-corrected chi connectivity index (χ2v) is 9.22. The molecule has 8 heteroatoms. The predicted octanol–water partition coefficient (Wildman–Crippen LogP) is 6.35. The highest BCUT2D eigenvalue weighted by atomic mass is 19.4. The van der Waals surface area contributed by atoms with Crippen LogP contribution in [0.25, 0.3) is 0 Å². The van der Waals surface area contributed by atoms with Gasteiger partial charge in [0, 0.05) is 31.7 Å². The van der Waals surface area contributed by atoms with Crippen LogP contribution in [0.4, 0.5) is 18.9 Å². The topological polar surface area (TPSA) is 45.1 Å². The maximum atomic E-state index is 13.1. The van der Waals surface area contributed by atoms with Gasteiger partial charge in [-0.15, -0.1) is 0 Å². The number of aryl methyl sites for hydroxylation is 2. The lowest BCUT2D eigenvalue weighted by atomic mass is 10.1. The Balaban J connectivity index is 1.40. The molecular formula is C28H26F3N3O2. The molecule has 0 aliphatic carbocycles. The highest BCUT2D eigenvalue weighted by Gasteiger charge is 2.31. The van der Waals surface area contributed by atoms with Crippen molar-refractivity contribution in [2.45, 2.75) is 26.4 Å². The van der Waals surface area contributed by atoms with Gasteiger partial charge < -0.3 is 14.5 Å². The number of ether oxygens (including phenoxy) is 1. The van der Waals surface area contributed by atoms with Gasteiger partial charge in [0.25, 0.3) is 5.91 Å². The number of benzene rings is 3. The van der Waals surface area contributed by atoms with E-state index in [9.17, 15) is 18.0 Å². The molecule has 1 amide bonds. The number of halogens is 3. The number of hydrogen-bond acceptors (Lipinski definition) is 4. The second kappa shape index (κ2) is 9.33. The van der Waals surface area contributed by atoms with Crippen LogP contribution in [0.15, 0.2) is 65.7 Å². The quantitative estimate of drug-likeness (QED) is 0.397. The van der Waals surface area contributed by atoms with E-state index in [4.69, 9.17) is 9.73 Å². The van der Waals surface area contributed by atoms with Gasteiger partial charge >= 0.3 is 6.18 Å². The van der Waals surface area contributed by atoms with Crippen molar-refractivity contribution in [2.75, 3.05) is 26.2 Å². The van der Waals surface area contributed by atoms with Crippen LogP contribution in [-0.4, -0.2) is 47.7 Å². The van der Waals surface area contributed by atoms with E-state index in [0.717, 1.165) is 46.1 Å². The Bertz CT molecular complexity index is 1330. The summed E-state index contributed by atoms with van der Waals surface area (Å²) in [5.74, 6) is 1.95. The number of hydrogen-bond donors (Lipinski definition) is 0. The van der Waals surface area contributed by atoms with Crippen molar-refractivity contribution in [3.63, 3.8) is 0 Å². The van der Waals surface area contributed by atoms with Crippen LogP contribution in [0.2, 0.25) is 0 Å². The molecular weight excluding hydrogens is 467 g/mol. The number of amidine groups is 1. The van der Waals surface area contributed by atoms with Gasteiger partial charge in [-0.2, -0.15) is 13.2 Å². The average molecular weight is 494 g/mol. The van der Waals surface area contributed by atoms with Crippen molar-refractivity contribution in [3.8, 4) is 11.5 Å². The van der Waals surface area contributed by atoms with Crippen LogP contribution in [-0.2, 0) is 6.18 Å². The number of alkyl halides is 3. The molecule has 3 aromatic rings. The third-order valence-corrected chi connectivity index (χ3v) is 6.48. The highest BCUT2D eigenvalue weighted by molar-refractivity contribution is 6.04. The molecule has 1 fully saturated rings. The van der Waals surface area contributed by atoms with E-state index in [-0.39, 0.29) is 11.5 Å². The molecule has 36 heavy (non-hydrogen) atoms. The van der Waals surface area contributed by atoms with Gasteiger partial charge in [0.1, 0.15) is 17.3 Å². The van der Waals surface area contributed by atoms with E-state index in [1.54, 1.807) is 4.90 Å². The molecule has 2 aliphatic rings. The lowest BCUT2D eigenvalue weighted by Crippen LogP contribution is -2.37. The van der Waals surface area contributed by atoms with Gasteiger partial charge in [-0.1, -0.05) is 17.7 Å². The van der Waals surface area contributed by atoms with Crippen molar-refractivity contribution in [1.29, 1.82) is 0 Å². The standard InChI is InChI=1S/C28H26F3N3O2/c1-18-5-11-24-22(16-18)26(32-23-10-4-19(2)17-25(23)36-24)33-12-3-13-34(15-14-33)27(35)20-6-8-21(9-7-20)28(29,30)31/h4-11,16-17H,3,12-15H2,1-2H3. The maximum absolute atomic E-state index is 13.1. The minimum absolute atomic E-state index is 0.252. The van der Waals surface area contributed by atoms with Gasteiger partial charge in [-0.25, -0.2) is 4.99 Å². The molecule has 0 saturated carbocycles. The van der Waals surface area contributed by atoms with E-state index < -0.39 is 11.7 Å². The smallest absolute Gasteiger partial charge is 0.416 e. The number of rotatable bonds is 1. The number of nitrogens with zero attached hydrogens (tertiary/aromatic N) is 3. The first-order valence-corrected chi connectivity index (χ1v) is 11.9. The predicted molar refractivity (Wildman–Crippen MR) is 132 cm³/mol. The molecule has 1 saturated heterocycles. The van der Waals surface area contributed by atoms with E-state index in [0.29, 0.717) is 38.3 Å². The summed E-state index contributed by atoms with van der Waals surface area (Å²) in [6, 6.07) is 16.3. The summed E-state index contributed by atoms with van der Waals surface area (Å²) in [6.07, 6.45) is -3.73. The molecule has 3 aromatic carbocycles. The first-order chi connectivity index (χ1) is 17.2. The van der Waals surface area contributed by atoms with Crippen molar-refractivity contribution < 1.29 is 22.7 Å². The van der Waals surface area contributed by atoms with Crippen LogP contribution in [0.1, 0.15) is 39.0 Å². The third kappa shape index (κ3) is 4.80. The van der Waals surface area contributed by atoms with Crippen molar-refractivity contribution in [3.05, 3.63) is 88.5 Å². The van der Waals surface area contributed by atoms with E-state index in [2.05, 4.69) is 11.0 Å². The summed E-state index contributed by atoms with van der Waals surface area (Å²) in [7, 11) is 0. The zero-order valence-electron chi connectivity index (χ0n) is 20.1. The number of fused-ring (bicyclic) bond motifs is 2. The largest absolute Gasteiger partial charge is 0.454 e. The Morgan fingerprint density at radius 3 is 2.33 bits per heavy atom. The maximum Gasteiger partial charge on any atom is 0.416 e. The Kier molecular flexibility index (Phi) is 6.20. The summed E-state index contributed by atoms with van der Waals surface area (Å²) in [6.45, 7) is 6.20. The summed E-state index contributed by atoms with van der Waals surface area (Å²) in [5.41, 5.74) is 3.29. The van der Waals surface area contributed by atoms with Gasteiger partial charge in [0.2, 0.25) is 0 Å². The van der Waals surface area contributed by atoms with Gasteiger partial charge in [-0.3, -0.25) is 4.79 Å². The Morgan fingerprint density at radius 1 is 0.861 bits per heavy atom. The summed E-state index contributed by atoms with van der Waals surface area (Å²) in [4.78, 5) is 21.9. The summed E-state index contributed by atoms with van der Waals surface area (Å²) in [5, 5.41) is 0. The van der Waals surface area contributed by atoms with Gasteiger partial charge in [0.15, 0.2) is 5.75 Å². The normalized spacial score (nSPS) is 15.8. The number of amides is 1. The Labute approximate surface area is 207 Å². The SMILES string of the molecule is Cc1ccc2c(c1)Oc1ccc(C)cc1C(N1CCCN(C(=O)c3ccc(C(F)(F)F)cc3)CC1)=N2. The van der Waals surface area contributed by atoms with Gasteiger partial charge in [0.05, 0.1) is 11.1 Å². The average Bonchev–Trinajstić information content (AvgIpc) is 3.18. The summed E-state index contributed by atoms with van der Waals surface area (Å²) >= 11 is 0. The van der Waals surface area contributed by atoms with Crippen molar-refractivity contribution in [2.24, 2.45) is 4.99 Å². The van der Waals surface area contributed by atoms with E-state index >= 15 is 0 Å². The fourth-order valence-electron chi connectivity index (χ4n) is 4.55. The lowest BCUT2D eigenvalue weighted by molar-refractivity contribution is -0.137. The van der Waals surface area contributed by atoms with Crippen LogP contribution in [0, 0.1) is 13.8 Å². The zero-order chi connectivity index (χ0) is 25.4. The fourth-order valence-corrected chi connectivity index (χ4v) is 4.55. The zero-order valence-corrected chi connectivity index (χ0v) is 20.1. The molecule has 0 atom stereocenters. The van der Waals surface area contributed by atoms with Crippen LogP contribution in [0.3, 0.4) is 0 Å². The minimum atomic E-state index is -4.43. The molecule has 2 heterocycles. The third-order valence-electron chi connectivity index (χ3n) is 6.48. The van der Waals surface area contributed by atoms with Crippen LogP contribution in [0.5, 0.6) is 11.5 Å². The molecule has 0 unspecified atom stereocenters. The molecule has 0 aromatic heterocycles. The Morgan fingerprint density at radius 2 is 1.58 bits per heavy atom. The molecule has 0 spiro atoms. The number of carbonyl (C=O) groups excluding carboxylic acids is 1. The van der Waals surface area contributed by atoms with Crippen molar-refractivity contribution >= 4 is 17.4 Å². The number of aliphatic imine (C=N–C) groups is 1. The number of carbonyl (C=O) groups is 1. The Hall–Kier alpha value is -3.81. The first kappa shape index (κ1) is 23.9. The molecule has 186 valence electrons. The molecule has 0 bridgehead atoms. The molecule has 0 N–H and O–H groups in total. The molecule has 2 aliphatic heterocycles.